The van der Waals surface area contributed by atoms with E-state index in [4.69, 9.17) is 0 Å². The van der Waals surface area contributed by atoms with Crippen LogP contribution in [0.1, 0.15) is 26.7 Å². The van der Waals surface area contributed by atoms with Gasteiger partial charge in [0.05, 0.1) is 6.10 Å². The summed E-state index contributed by atoms with van der Waals surface area (Å²) in [5.41, 5.74) is 0. The Morgan fingerprint density at radius 2 is 2.12 bits per heavy atom. The molecule has 4 nitrogen and oxygen atoms in total. The summed E-state index contributed by atoms with van der Waals surface area (Å²) in [5.74, 6) is 0.559. The van der Waals surface area contributed by atoms with Gasteiger partial charge in [0.1, 0.15) is 0 Å². The maximum Gasteiger partial charge on any atom is 0.223 e. The van der Waals surface area contributed by atoms with Crippen molar-refractivity contribution in [2.45, 2.75) is 38.8 Å². The van der Waals surface area contributed by atoms with Crippen molar-refractivity contribution >= 4 is 5.91 Å². The highest BCUT2D eigenvalue weighted by Crippen LogP contribution is 2.20. The van der Waals surface area contributed by atoms with Gasteiger partial charge < -0.3 is 14.9 Å². The van der Waals surface area contributed by atoms with Gasteiger partial charge in [-0.25, -0.2) is 0 Å². The van der Waals surface area contributed by atoms with Crippen molar-refractivity contribution in [2.75, 3.05) is 27.2 Å². The number of β-amino-alcohol motifs (C(OH)–C–C–N with tert-alkyl or cyclic N) is 1. The molecule has 1 saturated heterocycles. The number of rotatable bonds is 4. The number of aliphatic hydroxyl groups is 1. The zero-order valence-electron chi connectivity index (χ0n) is 10.8. The summed E-state index contributed by atoms with van der Waals surface area (Å²) in [6.07, 6.45) is 0.944. The second kappa shape index (κ2) is 5.64. The summed E-state index contributed by atoms with van der Waals surface area (Å²) in [6.45, 7) is 5.43. The fourth-order valence-electron chi connectivity index (χ4n) is 2.26. The molecular weight excluding hydrogens is 204 g/mol. The normalized spacial score (nSPS) is 25.8. The maximum atomic E-state index is 12.0. The van der Waals surface area contributed by atoms with Crippen LogP contribution in [0.2, 0.25) is 0 Å². The predicted octanol–water partition coefficient (Wildman–Crippen LogP) is 0.556. The van der Waals surface area contributed by atoms with Gasteiger partial charge in [-0.05, 0) is 26.4 Å². The molecule has 0 aromatic rings. The van der Waals surface area contributed by atoms with E-state index >= 15 is 0 Å². The van der Waals surface area contributed by atoms with Crippen LogP contribution in [0.3, 0.4) is 0 Å². The molecule has 1 N–H and O–H groups in total. The Morgan fingerprint density at radius 1 is 1.50 bits per heavy atom. The van der Waals surface area contributed by atoms with Gasteiger partial charge in [-0.2, -0.15) is 0 Å². The van der Waals surface area contributed by atoms with Crippen molar-refractivity contribution in [2.24, 2.45) is 5.92 Å². The molecule has 0 spiro atoms. The van der Waals surface area contributed by atoms with Crippen LogP contribution in [0.15, 0.2) is 0 Å². The molecule has 1 heterocycles. The second-order valence-electron chi connectivity index (χ2n) is 5.45. The summed E-state index contributed by atoms with van der Waals surface area (Å²) in [5, 5.41) is 9.65. The van der Waals surface area contributed by atoms with E-state index in [1.54, 1.807) is 0 Å². The number of hydrogen-bond acceptors (Lipinski definition) is 3. The lowest BCUT2D eigenvalue weighted by Gasteiger charge is -2.27. The molecule has 2 unspecified atom stereocenters. The number of carbonyl (C=O) groups is 1. The van der Waals surface area contributed by atoms with Crippen molar-refractivity contribution in [3.05, 3.63) is 0 Å². The highest BCUT2D eigenvalue weighted by molar-refractivity contribution is 5.77. The zero-order valence-corrected chi connectivity index (χ0v) is 10.8. The van der Waals surface area contributed by atoms with E-state index in [-0.39, 0.29) is 18.1 Å². The summed E-state index contributed by atoms with van der Waals surface area (Å²) < 4.78 is 0. The Bertz CT molecular complexity index is 241. The Morgan fingerprint density at radius 3 is 2.62 bits per heavy atom. The van der Waals surface area contributed by atoms with E-state index in [2.05, 4.69) is 4.90 Å². The minimum absolute atomic E-state index is 0.177. The Kier molecular flexibility index (Phi) is 4.74. The quantitative estimate of drug-likeness (QED) is 0.764. The van der Waals surface area contributed by atoms with Crippen LogP contribution in [0.5, 0.6) is 0 Å². The van der Waals surface area contributed by atoms with Gasteiger partial charge in [-0.1, -0.05) is 13.8 Å². The van der Waals surface area contributed by atoms with Crippen LogP contribution in [0, 0.1) is 5.92 Å². The highest BCUT2D eigenvalue weighted by atomic mass is 16.3. The van der Waals surface area contributed by atoms with Crippen molar-refractivity contribution in [1.82, 2.24) is 9.80 Å². The molecule has 0 aromatic heterocycles. The van der Waals surface area contributed by atoms with Gasteiger partial charge in [-0.3, -0.25) is 4.79 Å². The first kappa shape index (κ1) is 13.5. The third-order valence-corrected chi connectivity index (χ3v) is 2.87. The van der Waals surface area contributed by atoms with E-state index < -0.39 is 0 Å². The first-order chi connectivity index (χ1) is 7.40. The lowest BCUT2D eigenvalue weighted by molar-refractivity contribution is -0.133. The fraction of sp³-hybridized carbons (Fsp3) is 0.917. The molecule has 2 atom stereocenters. The van der Waals surface area contributed by atoms with Crippen molar-refractivity contribution in [1.29, 1.82) is 0 Å². The Labute approximate surface area is 98.2 Å². The first-order valence-electron chi connectivity index (χ1n) is 6.02. The molecule has 1 aliphatic rings. The summed E-state index contributed by atoms with van der Waals surface area (Å²) in [7, 11) is 3.99. The molecule has 1 fully saturated rings. The Hall–Kier alpha value is -0.610. The largest absolute Gasteiger partial charge is 0.391 e. The number of aliphatic hydroxyl groups excluding tert-OH is 1. The van der Waals surface area contributed by atoms with Gasteiger partial charge in [0, 0.05) is 25.6 Å². The molecule has 4 heteroatoms. The minimum Gasteiger partial charge on any atom is -0.391 e. The average Bonchev–Trinajstić information content (AvgIpc) is 2.44. The molecule has 0 saturated carbocycles. The molecule has 0 aromatic carbocycles. The van der Waals surface area contributed by atoms with Gasteiger partial charge in [0.2, 0.25) is 5.91 Å². The second-order valence-corrected chi connectivity index (χ2v) is 5.45. The zero-order chi connectivity index (χ0) is 12.3. The van der Waals surface area contributed by atoms with Crippen LogP contribution < -0.4 is 0 Å². The lowest BCUT2D eigenvalue weighted by Crippen LogP contribution is -2.41. The van der Waals surface area contributed by atoms with Crippen LogP contribution in [-0.2, 0) is 4.79 Å². The van der Waals surface area contributed by atoms with Gasteiger partial charge >= 0.3 is 0 Å². The minimum atomic E-state index is -0.346. The van der Waals surface area contributed by atoms with Gasteiger partial charge in [-0.15, -0.1) is 0 Å². The molecule has 1 rings (SSSR count). The van der Waals surface area contributed by atoms with E-state index in [9.17, 15) is 9.90 Å². The van der Waals surface area contributed by atoms with E-state index in [0.29, 0.717) is 25.3 Å². The SMILES string of the molecule is CC(C)CC(=O)N1CC(O)CC1CN(C)C. The number of carbonyl (C=O) groups excluding carboxylic acids is 1. The van der Waals surface area contributed by atoms with E-state index in [1.165, 1.54) is 0 Å². The highest BCUT2D eigenvalue weighted by Gasteiger charge is 2.34. The molecule has 0 aliphatic carbocycles. The molecule has 0 bridgehead atoms. The van der Waals surface area contributed by atoms with Crippen molar-refractivity contribution < 1.29 is 9.90 Å². The standard InChI is InChI=1S/C12H24N2O2/c1-9(2)5-12(16)14-8-11(15)6-10(14)7-13(3)4/h9-11,15H,5-8H2,1-4H3. The number of hydrogen-bond donors (Lipinski definition) is 1. The molecular formula is C12H24N2O2. The summed E-state index contributed by atoms with van der Waals surface area (Å²) in [6, 6.07) is 0.177. The van der Waals surface area contributed by atoms with Crippen molar-refractivity contribution in [3.63, 3.8) is 0 Å². The molecule has 1 aliphatic heterocycles. The third-order valence-electron chi connectivity index (χ3n) is 2.87. The first-order valence-corrected chi connectivity index (χ1v) is 6.02. The van der Waals surface area contributed by atoms with Crippen LogP contribution in [0.25, 0.3) is 0 Å². The van der Waals surface area contributed by atoms with Crippen LogP contribution in [-0.4, -0.2) is 60.1 Å². The predicted molar refractivity (Wildman–Crippen MR) is 64.1 cm³/mol. The number of likely N-dealkylation sites (tertiary alicyclic amines) is 1. The van der Waals surface area contributed by atoms with Gasteiger partial charge in [0.25, 0.3) is 0 Å². The molecule has 16 heavy (non-hydrogen) atoms. The van der Waals surface area contributed by atoms with Crippen molar-refractivity contribution in [3.8, 4) is 0 Å². The van der Waals surface area contributed by atoms with Gasteiger partial charge in [0.15, 0.2) is 0 Å². The van der Waals surface area contributed by atoms with Crippen LogP contribution >= 0.6 is 0 Å². The Balaban J connectivity index is 2.58. The summed E-state index contributed by atoms with van der Waals surface area (Å²) >= 11 is 0. The smallest absolute Gasteiger partial charge is 0.223 e. The molecule has 94 valence electrons. The van der Waals surface area contributed by atoms with E-state index in [0.717, 1.165) is 6.54 Å². The average molecular weight is 228 g/mol. The molecule has 0 radical (unpaired) electrons. The number of nitrogens with zero attached hydrogens (tertiary/aromatic N) is 2. The van der Waals surface area contributed by atoms with E-state index in [1.807, 2.05) is 32.8 Å². The van der Waals surface area contributed by atoms with Crippen LogP contribution in [0.4, 0.5) is 0 Å². The lowest BCUT2D eigenvalue weighted by atomic mass is 10.1. The molecule has 1 amide bonds. The third kappa shape index (κ3) is 3.76. The maximum absolute atomic E-state index is 12.0. The monoisotopic (exact) mass is 228 g/mol. The number of likely N-dealkylation sites (N-methyl/N-ethyl adjacent to an activating group) is 1. The summed E-state index contributed by atoms with van der Waals surface area (Å²) in [4.78, 5) is 15.9. The number of amides is 1. The topological polar surface area (TPSA) is 43.8 Å². The fourth-order valence-corrected chi connectivity index (χ4v) is 2.26.